The van der Waals surface area contributed by atoms with Gasteiger partial charge in [-0.3, -0.25) is 4.79 Å². The van der Waals surface area contributed by atoms with Gasteiger partial charge < -0.3 is 15.2 Å². The summed E-state index contributed by atoms with van der Waals surface area (Å²) in [4.78, 5) is 10.7. The fourth-order valence-electron chi connectivity index (χ4n) is 1.18. The van der Waals surface area contributed by atoms with Crippen LogP contribution in [0.4, 0.5) is 0 Å². The molecule has 0 saturated carbocycles. The second-order valence-electron chi connectivity index (χ2n) is 3.33. The average Bonchev–Trinajstić information content (AvgIpc) is 2.15. The van der Waals surface area contributed by atoms with Gasteiger partial charge in [0.25, 0.3) is 0 Å². The number of nitrogens with two attached hydrogens (primary N) is 1. The van der Waals surface area contributed by atoms with Crippen molar-refractivity contribution < 1.29 is 22.7 Å². The van der Waals surface area contributed by atoms with Gasteiger partial charge in [-0.1, -0.05) is 0 Å². The molecular formula is C10H19NO5S. The molecule has 1 amide bonds. The topological polar surface area (TPSA) is 95.7 Å². The van der Waals surface area contributed by atoms with Crippen LogP contribution in [0.1, 0.15) is 20.3 Å². The lowest BCUT2D eigenvalue weighted by molar-refractivity contribution is -0.133. The zero-order valence-electron chi connectivity index (χ0n) is 10.3. The number of hydrogen-bond acceptors (Lipinski definition) is 5. The monoisotopic (exact) mass is 265 g/mol. The van der Waals surface area contributed by atoms with Gasteiger partial charge in [-0.25, -0.2) is 8.42 Å². The lowest BCUT2D eigenvalue weighted by Crippen LogP contribution is -2.21. The van der Waals surface area contributed by atoms with E-state index in [1.165, 1.54) is 0 Å². The van der Waals surface area contributed by atoms with Crippen LogP contribution in [-0.4, -0.2) is 40.1 Å². The molecule has 0 atom stereocenters. The van der Waals surface area contributed by atoms with Crippen molar-refractivity contribution in [1.82, 2.24) is 0 Å². The van der Waals surface area contributed by atoms with E-state index in [1.54, 1.807) is 13.8 Å². The first-order valence-electron chi connectivity index (χ1n) is 5.24. The van der Waals surface area contributed by atoms with Crippen molar-refractivity contribution in [2.24, 2.45) is 5.73 Å². The Morgan fingerprint density at radius 1 is 1.29 bits per heavy atom. The number of primary amides is 1. The van der Waals surface area contributed by atoms with Crippen LogP contribution in [0.2, 0.25) is 0 Å². The van der Waals surface area contributed by atoms with E-state index in [0.29, 0.717) is 13.2 Å². The minimum absolute atomic E-state index is 0.0244. The zero-order valence-corrected chi connectivity index (χ0v) is 11.1. The molecule has 0 aromatic heterocycles. The molecule has 0 fully saturated rings. The second kappa shape index (κ2) is 7.41. The first kappa shape index (κ1) is 16.1. The summed E-state index contributed by atoms with van der Waals surface area (Å²) in [6, 6.07) is 0. The van der Waals surface area contributed by atoms with E-state index >= 15 is 0 Å². The molecule has 7 heteroatoms. The standard InChI is InChI=1S/C10H19NO5S/c1-4-15-10(16-5-2)7-8(6-9(11)12)17(3,13)14/h6,10H,4-5,7H2,1-3H3,(H2,11,12)/b8-6-. The van der Waals surface area contributed by atoms with E-state index in [-0.39, 0.29) is 11.3 Å². The summed E-state index contributed by atoms with van der Waals surface area (Å²) < 4.78 is 33.3. The van der Waals surface area contributed by atoms with Gasteiger partial charge in [0.1, 0.15) is 0 Å². The maximum absolute atomic E-state index is 11.4. The number of carbonyl (C=O) groups excluding carboxylic acids is 1. The predicted octanol–water partition coefficient (Wildman–Crippen LogP) is 0.189. The van der Waals surface area contributed by atoms with Crippen LogP contribution >= 0.6 is 0 Å². The third-order valence-electron chi connectivity index (χ3n) is 1.85. The molecule has 0 saturated heterocycles. The van der Waals surface area contributed by atoms with Crippen molar-refractivity contribution >= 4 is 15.7 Å². The molecule has 0 rings (SSSR count). The van der Waals surface area contributed by atoms with Crippen LogP contribution in [0, 0.1) is 0 Å². The molecular weight excluding hydrogens is 246 g/mol. The van der Waals surface area contributed by atoms with E-state index in [4.69, 9.17) is 15.2 Å². The maximum atomic E-state index is 11.4. The van der Waals surface area contributed by atoms with Crippen LogP contribution in [0.25, 0.3) is 0 Å². The van der Waals surface area contributed by atoms with Crippen LogP contribution in [0.5, 0.6) is 0 Å². The minimum atomic E-state index is -3.49. The average molecular weight is 265 g/mol. The molecule has 0 aliphatic carbocycles. The molecule has 0 aromatic carbocycles. The summed E-state index contributed by atoms with van der Waals surface area (Å²) in [5, 5.41) is 0. The fourth-order valence-corrected chi connectivity index (χ4v) is 1.95. The molecule has 0 aromatic rings. The molecule has 0 heterocycles. The van der Waals surface area contributed by atoms with Crippen LogP contribution in [0.15, 0.2) is 11.0 Å². The van der Waals surface area contributed by atoms with Gasteiger partial charge in [0.05, 0.1) is 4.91 Å². The molecule has 0 bridgehead atoms. The summed E-state index contributed by atoms with van der Waals surface area (Å²) in [5.41, 5.74) is 4.95. The van der Waals surface area contributed by atoms with Crippen molar-refractivity contribution in [3.63, 3.8) is 0 Å². The molecule has 0 spiro atoms. The summed E-state index contributed by atoms with van der Waals surface area (Å²) in [6.07, 6.45) is 1.19. The quantitative estimate of drug-likeness (QED) is 0.499. The Bertz CT molecular complexity index is 368. The molecule has 2 N–H and O–H groups in total. The Morgan fingerprint density at radius 2 is 1.76 bits per heavy atom. The molecule has 0 unspecified atom stereocenters. The van der Waals surface area contributed by atoms with E-state index in [0.717, 1.165) is 12.3 Å². The Labute approximate surface area is 102 Å². The van der Waals surface area contributed by atoms with Crippen molar-refractivity contribution in [1.29, 1.82) is 0 Å². The molecule has 17 heavy (non-hydrogen) atoms. The third kappa shape index (κ3) is 7.09. The van der Waals surface area contributed by atoms with Crippen LogP contribution < -0.4 is 5.73 Å². The number of sulfone groups is 1. The highest BCUT2D eigenvalue weighted by atomic mass is 32.2. The Kier molecular flexibility index (Phi) is 7.01. The Balaban J connectivity index is 4.90. The van der Waals surface area contributed by atoms with Crippen molar-refractivity contribution in [3.05, 3.63) is 11.0 Å². The van der Waals surface area contributed by atoms with Gasteiger partial charge in [-0.2, -0.15) is 0 Å². The normalized spacial score (nSPS) is 13.1. The summed E-state index contributed by atoms with van der Waals surface area (Å²) in [6.45, 7) is 4.31. The molecule has 0 aliphatic rings. The lowest BCUT2D eigenvalue weighted by atomic mass is 10.3. The maximum Gasteiger partial charge on any atom is 0.242 e. The van der Waals surface area contributed by atoms with Gasteiger partial charge in [0, 0.05) is 32.0 Å². The van der Waals surface area contributed by atoms with E-state index in [1.807, 2.05) is 0 Å². The first-order valence-corrected chi connectivity index (χ1v) is 7.13. The van der Waals surface area contributed by atoms with Gasteiger partial charge >= 0.3 is 0 Å². The van der Waals surface area contributed by atoms with Gasteiger partial charge in [-0.15, -0.1) is 0 Å². The summed E-state index contributed by atoms with van der Waals surface area (Å²) in [5.74, 6) is -0.808. The molecule has 0 radical (unpaired) electrons. The Morgan fingerprint density at radius 3 is 2.06 bits per heavy atom. The molecule has 0 aliphatic heterocycles. The zero-order chi connectivity index (χ0) is 13.5. The van der Waals surface area contributed by atoms with Crippen molar-refractivity contribution in [3.8, 4) is 0 Å². The number of ether oxygens (including phenoxy) is 2. The smallest absolute Gasteiger partial charge is 0.242 e. The highest BCUT2D eigenvalue weighted by Gasteiger charge is 2.19. The van der Waals surface area contributed by atoms with Crippen molar-refractivity contribution in [2.45, 2.75) is 26.6 Å². The minimum Gasteiger partial charge on any atom is -0.366 e. The number of carbonyl (C=O) groups is 1. The molecule has 100 valence electrons. The number of hydrogen-bond donors (Lipinski definition) is 1. The van der Waals surface area contributed by atoms with Crippen LogP contribution in [-0.2, 0) is 24.1 Å². The summed E-state index contributed by atoms with van der Waals surface area (Å²) in [7, 11) is -3.49. The van der Waals surface area contributed by atoms with Crippen LogP contribution in [0.3, 0.4) is 0 Å². The number of rotatable bonds is 8. The lowest BCUT2D eigenvalue weighted by Gasteiger charge is -2.17. The number of amides is 1. The van der Waals surface area contributed by atoms with Crippen molar-refractivity contribution in [2.75, 3.05) is 19.5 Å². The van der Waals surface area contributed by atoms with E-state index in [2.05, 4.69) is 0 Å². The SMILES string of the molecule is CCOC(C/C(=C/C(N)=O)S(C)(=O)=O)OCC. The predicted molar refractivity (Wildman–Crippen MR) is 63.8 cm³/mol. The first-order chi connectivity index (χ1) is 7.81. The highest BCUT2D eigenvalue weighted by Crippen LogP contribution is 2.15. The highest BCUT2D eigenvalue weighted by molar-refractivity contribution is 7.94. The summed E-state index contributed by atoms with van der Waals surface area (Å²) >= 11 is 0. The van der Waals surface area contributed by atoms with Gasteiger partial charge in [-0.05, 0) is 13.8 Å². The van der Waals surface area contributed by atoms with E-state index in [9.17, 15) is 13.2 Å². The van der Waals surface area contributed by atoms with Gasteiger partial charge in [0.15, 0.2) is 16.1 Å². The fraction of sp³-hybridized carbons (Fsp3) is 0.700. The molecule has 6 nitrogen and oxygen atoms in total. The van der Waals surface area contributed by atoms with E-state index < -0.39 is 22.0 Å². The Hall–Kier alpha value is -0.920. The third-order valence-corrected chi connectivity index (χ3v) is 3.09. The largest absolute Gasteiger partial charge is 0.366 e. The second-order valence-corrected chi connectivity index (χ2v) is 5.40. The van der Waals surface area contributed by atoms with Gasteiger partial charge in [0.2, 0.25) is 5.91 Å².